The van der Waals surface area contributed by atoms with Crippen LogP contribution in [-0.4, -0.2) is 0 Å². The normalized spacial score (nSPS) is 25.4. The molecule has 1 radical (unpaired) electrons. The molecular formula is C16H24F6PRh-. The summed E-state index contributed by atoms with van der Waals surface area (Å²) in [6.07, 6.45) is 28.0. The molecule has 0 saturated carbocycles. The van der Waals surface area contributed by atoms with Crippen LogP contribution in [0.25, 0.3) is 0 Å². The van der Waals surface area contributed by atoms with Gasteiger partial charge in [-0.15, -0.1) is 0 Å². The first-order valence-corrected chi connectivity index (χ1v) is 9.64. The summed E-state index contributed by atoms with van der Waals surface area (Å²) >= 11 is 0. The van der Waals surface area contributed by atoms with Crippen molar-refractivity contribution in [3.8, 4) is 0 Å². The second kappa shape index (κ2) is 11.3. The summed E-state index contributed by atoms with van der Waals surface area (Å²) in [6.45, 7) is 0. The Hall–Kier alpha value is -0.407. The Morgan fingerprint density at radius 3 is 0.542 bits per heavy atom. The van der Waals surface area contributed by atoms with Gasteiger partial charge < -0.3 is 0 Å². The molecular weight excluding hydrogens is 440 g/mol. The quantitative estimate of drug-likeness (QED) is 0.146. The molecule has 2 aliphatic rings. The van der Waals surface area contributed by atoms with Crippen LogP contribution in [0.1, 0.15) is 51.4 Å². The van der Waals surface area contributed by atoms with E-state index in [0.29, 0.717) is 0 Å². The SMILES string of the molecule is C1=C\CC/C=C\CC/1.C1=C\CC/C=C\CC/1.F[P-](F)(F)(F)(F)F.[Rh]. The first-order valence-electron chi connectivity index (χ1n) is 7.61. The molecule has 0 fully saturated rings. The minimum absolute atomic E-state index is 0. The fourth-order valence-electron chi connectivity index (χ4n) is 1.71. The van der Waals surface area contributed by atoms with E-state index < -0.39 is 7.81 Å². The number of hydrogen-bond donors (Lipinski definition) is 0. The number of allylic oxidation sites excluding steroid dienone is 8. The van der Waals surface area contributed by atoms with E-state index in [4.69, 9.17) is 0 Å². The molecule has 0 heterocycles. The fourth-order valence-corrected chi connectivity index (χ4v) is 1.71. The van der Waals surface area contributed by atoms with E-state index >= 15 is 0 Å². The van der Waals surface area contributed by atoms with Crippen LogP contribution >= 0.6 is 7.81 Å². The largest absolute Gasteiger partial charge is 0 e. The van der Waals surface area contributed by atoms with E-state index in [0.717, 1.165) is 0 Å². The number of hydrogen-bond acceptors (Lipinski definition) is 0. The van der Waals surface area contributed by atoms with Crippen LogP contribution in [0, 0.1) is 0 Å². The second-order valence-electron chi connectivity index (χ2n) is 5.15. The molecule has 2 aliphatic carbocycles. The van der Waals surface area contributed by atoms with E-state index in [1.165, 1.54) is 51.4 Å². The maximum atomic E-state index is 9.87. The molecule has 0 unspecified atom stereocenters. The van der Waals surface area contributed by atoms with Crippen molar-refractivity contribution in [3.63, 3.8) is 0 Å². The van der Waals surface area contributed by atoms with E-state index in [-0.39, 0.29) is 19.5 Å². The average molecular weight is 464 g/mol. The van der Waals surface area contributed by atoms with Gasteiger partial charge >= 0.3 is 33.0 Å². The van der Waals surface area contributed by atoms with Crippen LogP contribution in [0.5, 0.6) is 0 Å². The maximum Gasteiger partial charge on any atom is 0 e. The molecule has 24 heavy (non-hydrogen) atoms. The number of halogens is 6. The zero-order valence-corrected chi connectivity index (χ0v) is 15.9. The first-order chi connectivity index (χ1) is 10.4. The van der Waals surface area contributed by atoms with E-state index in [2.05, 4.69) is 48.6 Å². The van der Waals surface area contributed by atoms with Crippen molar-refractivity contribution in [2.45, 2.75) is 51.4 Å². The minimum Gasteiger partial charge on any atom is 0 e. The fraction of sp³-hybridized carbons (Fsp3) is 0.500. The average Bonchev–Trinajstić information content (AvgIpc) is 2.22. The van der Waals surface area contributed by atoms with Crippen LogP contribution in [0.2, 0.25) is 0 Å². The van der Waals surface area contributed by atoms with Crippen molar-refractivity contribution in [1.82, 2.24) is 0 Å². The van der Waals surface area contributed by atoms with Gasteiger partial charge in [0.05, 0.1) is 0 Å². The van der Waals surface area contributed by atoms with Crippen molar-refractivity contribution in [2.24, 2.45) is 0 Å². The van der Waals surface area contributed by atoms with Gasteiger partial charge in [0.15, 0.2) is 0 Å². The van der Waals surface area contributed by atoms with Crippen molar-refractivity contribution in [1.29, 1.82) is 0 Å². The van der Waals surface area contributed by atoms with Gasteiger partial charge in [0.25, 0.3) is 0 Å². The Morgan fingerprint density at radius 2 is 0.458 bits per heavy atom. The van der Waals surface area contributed by atoms with Gasteiger partial charge in [0.2, 0.25) is 0 Å². The molecule has 8 heteroatoms. The maximum absolute atomic E-state index is 10.7. The van der Waals surface area contributed by atoms with E-state index in [9.17, 15) is 25.2 Å². The second-order valence-corrected chi connectivity index (χ2v) is 7.07. The molecule has 2 rings (SSSR count). The first kappa shape index (κ1) is 25.8. The van der Waals surface area contributed by atoms with Crippen molar-refractivity contribution in [3.05, 3.63) is 48.6 Å². The van der Waals surface area contributed by atoms with Crippen molar-refractivity contribution in [2.75, 3.05) is 0 Å². The zero-order valence-electron chi connectivity index (χ0n) is 13.3. The van der Waals surface area contributed by atoms with Crippen LogP contribution in [0.3, 0.4) is 0 Å². The third-order valence-electron chi connectivity index (χ3n) is 2.67. The Labute approximate surface area is 152 Å². The van der Waals surface area contributed by atoms with E-state index in [1.807, 2.05) is 0 Å². The predicted octanol–water partition coefficient (Wildman–Crippen LogP) is 8.73. The summed E-state index contributed by atoms with van der Waals surface area (Å²) in [5.74, 6) is 0. The van der Waals surface area contributed by atoms with Gasteiger partial charge in [-0.1, -0.05) is 48.6 Å². The topological polar surface area (TPSA) is 0 Å². The molecule has 0 aromatic heterocycles. The molecule has 0 aliphatic heterocycles. The summed E-state index contributed by atoms with van der Waals surface area (Å²) in [4.78, 5) is 0. The Kier molecular flexibility index (Phi) is 12.1. The molecule has 0 spiro atoms. The van der Waals surface area contributed by atoms with Crippen LogP contribution in [0.15, 0.2) is 48.6 Å². The number of rotatable bonds is 0. The van der Waals surface area contributed by atoms with Gasteiger partial charge in [-0.3, -0.25) is 0 Å². The Bertz CT molecular complexity index is 343. The van der Waals surface area contributed by atoms with Gasteiger partial charge in [-0.25, -0.2) is 0 Å². The molecule has 145 valence electrons. The Morgan fingerprint density at radius 1 is 0.375 bits per heavy atom. The van der Waals surface area contributed by atoms with E-state index in [1.54, 1.807) is 0 Å². The monoisotopic (exact) mass is 464 g/mol. The van der Waals surface area contributed by atoms with Gasteiger partial charge in [0, 0.05) is 19.5 Å². The van der Waals surface area contributed by atoms with Crippen LogP contribution in [0.4, 0.5) is 25.2 Å². The Balaban J connectivity index is 0. The van der Waals surface area contributed by atoms with Gasteiger partial charge in [-0.05, 0) is 51.4 Å². The van der Waals surface area contributed by atoms with Crippen LogP contribution in [-0.2, 0) is 19.5 Å². The summed E-state index contributed by atoms with van der Waals surface area (Å²) in [5, 5.41) is 0. The third kappa shape index (κ3) is 37.7. The summed E-state index contributed by atoms with van der Waals surface area (Å²) in [6, 6.07) is 0. The molecule has 0 N–H and O–H groups in total. The van der Waals surface area contributed by atoms with Gasteiger partial charge in [0.1, 0.15) is 0 Å². The van der Waals surface area contributed by atoms with Crippen molar-refractivity contribution >= 4 is 7.81 Å². The van der Waals surface area contributed by atoms with Gasteiger partial charge in [-0.2, -0.15) is 0 Å². The smallest absolute Gasteiger partial charge is 0 e. The molecule has 0 atom stereocenters. The molecule has 0 bridgehead atoms. The molecule has 0 aromatic carbocycles. The molecule has 0 nitrogen and oxygen atoms in total. The summed E-state index contributed by atoms with van der Waals surface area (Å²) < 4.78 is 59.2. The third-order valence-corrected chi connectivity index (χ3v) is 2.67. The summed E-state index contributed by atoms with van der Waals surface area (Å²) in [7, 11) is -10.7. The molecule has 0 saturated heterocycles. The zero-order chi connectivity index (χ0) is 17.7. The predicted molar refractivity (Wildman–Crippen MR) is 87.1 cm³/mol. The summed E-state index contributed by atoms with van der Waals surface area (Å²) in [5.41, 5.74) is 0. The van der Waals surface area contributed by atoms with Crippen molar-refractivity contribution < 1.29 is 44.7 Å². The van der Waals surface area contributed by atoms with Crippen LogP contribution < -0.4 is 0 Å². The molecule has 0 amide bonds. The minimum atomic E-state index is -10.7. The molecule has 0 aromatic rings. The standard InChI is InChI=1S/2C8H12.F6P.Rh/c2*1-2-4-6-8-7-5-3-1;1-7(2,3,4,5)6;/h2*1-2,7-8H,3-6H2;;/q;;-1;/b2*2-1-,8-7-;;.